The minimum absolute atomic E-state index is 0.0382. The van der Waals surface area contributed by atoms with Crippen molar-refractivity contribution in [3.8, 4) is 0 Å². The lowest BCUT2D eigenvalue weighted by molar-refractivity contribution is 0.0954. The predicted molar refractivity (Wildman–Crippen MR) is 92.5 cm³/mol. The monoisotopic (exact) mass is 307 g/mol. The van der Waals surface area contributed by atoms with E-state index >= 15 is 0 Å². The van der Waals surface area contributed by atoms with E-state index in [1.165, 1.54) is 5.52 Å². The number of carbonyl (C=O) groups excluding carboxylic acids is 1. The first-order chi connectivity index (χ1) is 11.3. The van der Waals surface area contributed by atoms with Crippen LogP contribution in [0.3, 0.4) is 0 Å². The fraction of sp³-hybridized carbons (Fsp3) is 0.263. The molecule has 4 heteroatoms. The van der Waals surface area contributed by atoms with Gasteiger partial charge in [0.25, 0.3) is 5.91 Å². The first-order valence-corrected chi connectivity index (χ1v) is 8.07. The third kappa shape index (κ3) is 3.42. The summed E-state index contributed by atoms with van der Waals surface area (Å²) < 4.78 is 2.25. The quantitative estimate of drug-likeness (QED) is 0.758. The van der Waals surface area contributed by atoms with E-state index in [9.17, 15) is 4.79 Å². The molecule has 4 nitrogen and oxygen atoms in total. The van der Waals surface area contributed by atoms with E-state index in [0.29, 0.717) is 12.1 Å². The normalized spacial score (nSPS) is 10.8. The molecule has 0 saturated carbocycles. The van der Waals surface area contributed by atoms with Crippen LogP contribution in [0.1, 0.15) is 29.5 Å². The van der Waals surface area contributed by atoms with Gasteiger partial charge in [-0.25, -0.2) is 4.98 Å². The van der Waals surface area contributed by atoms with E-state index in [-0.39, 0.29) is 5.91 Å². The van der Waals surface area contributed by atoms with Crippen LogP contribution in [0.4, 0.5) is 0 Å². The van der Waals surface area contributed by atoms with E-state index in [1.807, 2.05) is 48.5 Å². The fourth-order valence-corrected chi connectivity index (χ4v) is 2.77. The van der Waals surface area contributed by atoms with E-state index in [1.54, 1.807) is 0 Å². The van der Waals surface area contributed by atoms with Crippen LogP contribution < -0.4 is 5.32 Å². The predicted octanol–water partition coefficient (Wildman–Crippen LogP) is 3.42. The van der Waals surface area contributed by atoms with Gasteiger partial charge in [-0.2, -0.15) is 0 Å². The number of fused-ring (bicyclic) bond motifs is 1. The van der Waals surface area contributed by atoms with Crippen LogP contribution in [-0.2, 0) is 13.0 Å². The molecule has 0 radical (unpaired) electrons. The van der Waals surface area contributed by atoms with E-state index in [4.69, 9.17) is 4.98 Å². The number of aromatic nitrogens is 2. The molecule has 0 saturated heterocycles. The van der Waals surface area contributed by atoms with Gasteiger partial charge in [0.15, 0.2) is 0 Å². The average molecular weight is 307 g/mol. The number of hydrogen-bond donors (Lipinski definition) is 1. The number of nitrogens with one attached hydrogen (secondary N) is 1. The summed E-state index contributed by atoms with van der Waals surface area (Å²) in [5.74, 6) is 0.991. The molecule has 0 spiro atoms. The molecular weight excluding hydrogens is 286 g/mol. The highest BCUT2D eigenvalue weighted by molar-refractivity contribution is 5.94. The summed E-state index contributed by atoms with van der Waals surface area (Å²) in [6.45, 7) is 3.69. The Hall–Kier alpha value is -2.62. The number of nitrogens with zero attached hydrogens (tertiary/aromatic N) is 2. The van der Waals surface area contributed by atoms with Crippen LogP contribution in [0, 0.1) is 0 Å². The molecule has 23 heavy (non-hydrogen) atoms. The molecule has 1 heterocycles. The van der Waals surface area contributed by atoms with Crippen LogP contribution in [-0.4, -0.2) is 22.0 Å². The molecule has 2 aromatic carbocycles. The molecule has 1 N–H and O–H groups in total. The second-order valence-electron chi connectivity index (χ2n) is 5.54. The average Bonchev–Trinajstić information content (AvgIpc) is 2.94. The third-order valence-electron chi connectivity index (χ3n) is 3.85. The van der Waals surface area contributed by atoms with Crippen LogP contribution in [0.25, 0.3) is 11.0 Å². The summed E-state index contributed by atoms with van der Waals surface area (Å²) in [7, 11) is 0. The summed E-state index contributed by atoms with van der Waals surface area (Å²) in [6, 6.07) is 17.5. The van der Waals surface area contributed by atoms with E-state index < -0.39 is 0 Å². The van der Waals surface area contributed by atoms with E-state index in [0.717, 1.165) is 30.7 Å². The number of aryl methyl sites for hydroxylation is 1. The highest BCUT2D eigenvalue weighted by Gasteiger charge is 2.10. The Kier molecular flexibility index (Phi) is 4.71. The molecule has 118 valence electrons. The number of amides is 1. The summed E-state index contributed by atoms with van der Waals surface area (Å²) >= 11 is 0. The number of benzene rings is 2. The number of hydrogen-bond acceptors (Lipinski definition) is 2. The summed E-state index contributed by atoms with van der Waals surface area (Å²) in [5.41, 5.74) is 2.87. The Labute approximate surface area is 136 Å². The van der Waals surface area contributed by atoms with Crippen molar-refractivity contribution in [2.24, 2.45) is 0 Å². The molecule has 0 aliphatic carbocycles. The van der Waals surface area contributed by atoms with Crippen LogP contribution in [0.5, 0.6) is 0 Å². The zero-order chi connectivity index (χ0) is 16.1. The Balaban J connectivity index is 1.69. The van der Waals surface area contributed by atoms with Crippen molar-refractivity contribution in [3.05, 3.63) is 66.0 Å². The molecule has 0 aliphatic heterocycles. The van der Waals surface area contributed by atoms with Crippen LogP contribution in [0.2, 0.25) is 0 Å². The lowest BCUT2D eigenvalue weighted by Crippen LogP contribution is -2.26. The molecule has 0 unspecified atom stereocenters. The maximum atomic E-state index is 12.1. The standard InChI is InChI=1S/C19H21N3O/c1-2-14-22-17-11-7-6-10-16(17)21-18(22)12-13-20-19(23)15-8-4-3-5-9-15/h3-11H,2,12-14H2,1H3,(H,20,23). The maximum Gasteiger partial charge on any atom is 0.251 e. The summed E-state index contributed by atoms with van der Waals surface area (Å²) in [4.78, 5) is 16.8. The molecule has 0 bridgehead atoms. The molecule has 0 fully saturated rings. The number of carbonyl (C=O) groups is 1. The second-order valence-corrected chi connectivity index (χ2v) is 5.54. The lowest BCUT2D eigenvalue weighted by Gasteiger charge is -2.08. The molecule has 3 rings (SSSR count). The lowest BCUT2D eigenvalue weighted by atomic mass is 10.2. The molecule has 1 aromatic heterocycles. The maximum absolute atomic E-state index is 12.1. The van der Waals surface area contributed by atoms with Gasteiger partial charge in [-0.15, -0.1) is 0 Å². The highest BCUT2D eigenvalue weighted by atomic mass is 16.1. The minimum Gasteiger partial charge on any atom is -0.352 e. The largest absolute Gasteiger partial charge is 0.352 e. The zero-order valence-electron chi connectivity index (χ0n) is 13.3. The van der Waals surface area contributed by atoms with Gasteiger partial charge in [-0.1, -0.05) is 37.3 Å². The van der Waals surface area contributed by atoms with Gasteiger partial charge < -0.3 is 9.88 Å². The van der Waals surface area contributed by atoms with Crippen LogP contribution in [0.15, 0.2) is 54.6 Å². The Morgan fingerprint density at radius 1 is 1.09 bits per heavy atom. The van der Waals surface area contributed by atoms with Crippen molar-refractivity contribution in [2.45, 2.75) is 26.3 Å². The first kappa shape index (κ1) is 15.3. The van der Waals surface area contributed by atoms with Crippen molar-refractivity contribution in [2.75, 3.05) is 6.54 Å². The van der Waals surface area contributed by atoms with Crippen molar-refractivity contribution < 1.29 is 4.79 Å². The fourth-order valence-electron chi connectivity index (χ4n) is 2.77. The highest BCUT2D eigenvalue weighted by Crippen LogP contribution is 2.16. The molecule has 0 atom stereocenters. The summed E-state index contributed by atoms with van der Waals surface area (Å²) in [6.07, 6.45) is 1.79. The Morgan fingerprint density at radius 2 is 1.83 bits per heavy atom. The third-order valence-corrected chi connectivity index (χ3v) is 3.85. The van der Waals surface area contributed by atoms with Crippen molar-refractivity contribution in [1.29, 1.82) is 0 Å². The molecule has 0 aliphatic rings. The SMILES string of the molecule is CCCn1c(CCNC(=O)c2ccccc2)nc2ccccc21. The first-order valence-electron chi connectivity index (χ1n) is 8.07. The number of imidazole rings is 1. The zero-order valence-corrected chi connectivity index (χ0v) is 13.3. The summed E-state index contributed by atoms with van der Waals surface area (Å²) in [5, 5.41) is 2.97. The smallest absolute Gasteiger partial charge is 0.251 e. The van der Waals surface area contributed by atoms with Gasteiger partial charge >= 0.3 is 0 Å². The van der Waals surface area contributed by atoms with Gasteiger partial charge in [0.1, 0.15) is 5.82 Å². The number of rotatable bonds is 6. The number of para-hydroxylation sites is 2. The van der Waals surface area contributed by atoms with Gasteiger partial charge in [-0.05, 0) is 30.7 Å². The van der Waals surface area contributed by atoms with Crippen molar-refractivity contribution >= 4 is 16.9 Å². The minimum atomic E-state index is -0.0382. The van der Waals surface area contributed by atoms with Gasteiger partial charge in [0.2, 0.25) is 0 Å². The topological polar surface area (TPSA) is 46.9 Å². The molecule has 1 amide bonds. The van der Waals surface area contributed by atoms with Gasteiger partial charge in [0, 0.05) is 25.1 Å². The van der Waals surface area contributed by atoms with Gasteiger partial charge in [0.05, 0.1) is 11.0 Å². The molecule has 3 aromatic rings. The van der Waals surface area contributed by atoms with Crippen LogP contribution >= 0.6 is 0 Å². The van der Waals surface area contributed by atoms with E-state index in [2.05, 4.69) is 22.9 Å². The second kappa shape index (κ2) is 7.09. The van der Waals surface area contributed by atoms with Gasteiger partial charge in [-0.3, -0.25) is 4.79 Å². The Morgan fingerprint density at radius 3 is 2.61 bits per heavy atom. The Bertz CT molecular complexity index is 793. The van der Waals surface area contributed by atoms with Crippen molar-refractivity contribution in [3.63, 3.8) is 0 Å². The van der Waals surface area contributed by atoms with Crippen molar-refractivity contribution in [1.82, 2.24) is 14.9 Å². The molecular formula is C19H21N3O.